The van der Waals surface area contributed by atoms with Crippen molar-refractivity contribution in [1.29, 1.82) is 0 Å². The zero-order valence-corrected chi connectivity index (χ0v) is 18.5. The molecule has 1 aliphatic heterocycles. The third-order valence-corrected chi connectivity index (χ3v) is 7.19. The summed E-state index contributed by atoms with van der Waals surface area (Å²) in [5.74, 6) is 1.03. The lowest BCUT2D eigenvalue weighted by molar-refractivity contribution is 0.415. The molecule has 1 aliphatic rings. The van der Waals surface area contributed by atoms with Crippen molar-refractivity contribution in [2.24, 2.45) is 5.10 Å². The smallest absolute Gasteiger partial charge is 0.280 e. The van der Waals surface area contributed by atoms with Crippen molar-refractivity contribution in [2.45, 2.75) is 25.3 Å². The van der Waals surface area contributed by atoms with E-state index in [2.05, 4.69) is 10.1 Å². The van der Waals surface area contributed by atoms with E-state index < -0.39 is 10.0 Å². The van der Waals surface area contributed by atoms with Gasteiger partial charge in [0.05, 0.1) is 11.4 Å². The van der Waals surface area contributed by atoms with Crippen molar-refractivity contribution >= 4 is 15.7 Å². The van der Waals surface area contributed by atoms with Crippen LogP contribution in [0.15, 0.2) is 93.3 Å². The fraction of sp³-hybridized carbons (Fsp3) is 0.120. The second-order valence-electron chi connectivity index (χ2n) is 7.63. The van der Waals surface area contributed by atoms with E-state index in [1.165, 1.54) is 0 Å². The number of aromatic nitrogens is 1. The Hall–Kier alpha value is -3.71. The summed E-state index contributed by atoms with van der Waals surface area (Å²) in [6.07, 6.45) is 0. The Bertz CT molecular complexity index is 1440. The van der Waals surface area contributed by atoms with Gasteiger partial charge in [-0.05, 0) is 31.5 Å². The van der Waals surface area contributed by atoms with Crippen LogP contribution in [-0.4, -0.2) is 23.5 Å². The number of oxazole rings is 1. The standard InChI is InChI=1S/C25H21N3O3S/c1-17-10-6-7-13-20(17)25-26-22(18(2)31-25)16-28-27-24(19-11-4-3-5-12-19)21-14-8-9-15-23(21)32(28,29)30/h3-15H,16H2,1-2H3. The summed E-state index contributed by atoms with van der Waals surface area (Å²) >= 11 is 0. The first-order valence-corrected chi connectivity index (χ1v) is 11.7. The number of aryl methyl sites for hydroxylation is 2. The zero-order valence-electron chi connectivity index (χ0n) is 17.7. The highest BCUT2D eigenvalue weighted by Crippen LogP contribution is 2.31. The minimum Gasteiger partial charge on any atom is -0.441 e. The van der Waals surface area contributed by atoms with Gasteiger partial charge in [0.15, 0.2) is 0 Å². The molecule has 0 bridgehead atoms. The summed E-state index contributed by atoms with van der Waals surface area (Å²) in [4.78, 5) is 4.84. The van der Waals surface area contributed by atoms with Gasteiger partial charge in [0.2, 0.25) is 5.89 Å². The number of fused-ring (bicyclic) bond motifs is 1. The number of rotatable bonds is 4. The van der Waals surface area contributed by atoms with Crippen LogP contribution in [0.4, 0.5) is 0 Å². The van der Waals surface area contributed by atoms with E-state index >= 15 is 0 Å². The number of hydrogen-bond donors (Lipinski definition) is 0. The maximum absolute atomic E-state index is 13.4. The monoisotopic (exact) mass is 443 g/mol. The Morgan fingerprint density at radius 2 is 1.50 bits per heavy atom. The quantitative estimate of drug-likeness (QED) is 0.449. The minimum absolute atomic E-state index is 0.0196. The van der Waals surface area contributed by atoms with E-state index in [0.717, 1.165) is 21.1 Å². The summed E-state index contributed by atoms with van der Waals surface area (Å²) in [6.45, 7) is 3.75. The molecule has 0 spiro atoms. The number of hydrogen-bond acceptors (Lipinski definition) is 5. The van der Waals surface area contributed by atoms with Crippen LogP contribution in [0.2, 0.25) is 0 Å². The molecule has 7 heteroatoms. The second-order valence-corrected chi connectivity index (χ2v) is 9.44. The third kappa shape index (κ3) is 3.40. The molecule has 0 atom stereocenters. The molecule has 4 aromatic rings. The Balaban J connectivity index is 1.59. The summed E-state index contributed by atoms with van der Waals surface area (Å²) < 4.78 is 33.8. The molecule has 32 heavy (non-hydrogen) atoms. The van der Waals surface area contributed by atoms with Gasteiger partial charge < -0.3 is 4.42 Å². The lowest BCUT2D eigenvalue weighted by Crippen LogP contribution is -2.33. The van der Waals surface area contributed by atoms with E-state index in [-0.39, 0.29) is 11.4 Å². The Morgan fingerprint density at radius 1 is 0.844 bits per heavy atom. The van der Waals surface area contributed by atoms with Gasteiger partial charge in [-0.15, -0.1) is 0 Å². The van der Waals surface area contributed by atoms with Crippen LogP contribution in [0.5, 0.6) is 0 Å². The first-order chi connectivity index (χ1) is 15.4. The fourth-order valence-electron chi connectivity index (χ4n) is 3.78. The van der Waals surface area contributed by atoms with Crippen LogP contribution in [-0.2, 0) is 16.6 Å². The topological polar surface area (TPSA) is 75.8 Å². The fourth-order valence-corrected chi connectivity index (χ4v) is 5.18. The largest absolute Gasteiger partial charge is 0.441 e. The van der Waals surface area contributed by atoms with E-state index in [1.807, 2.05) is 67.6 Å². The van der Waals surface area contributed by atoms with Gasteiger partial charge in [-0.1, -0.05) is 66.7 Å². The predicted molar refractivity (Wildman–Crippen MR) is 123 cm³/mol. The maximum atomic E-state index is 13.4. The van der Waals surface area contributed by atoms with E-state index in [0.29, 0.717) is 28.6 Å². The molecule has 0 fully saturated rings. The first kappa shape index (κ1) is 20.2. The molecule has 0 unspecified atom stereocenters. The number of benzene rings is 3. The summed E-state index contributed by atoms with van der Waals surface area (Å²) in [5, 5.41) is 4.56. The minimum atomic E-state index is -3.84. The molecule has 0 N–H and O–H groups in total. The molecule has 2 heterocycles. The molecule has 3 aromatic carbocycles. The third-order valence-electron chi connectivity index (χ3n) is 5.51. The van der Waals surface area contributed by atoms with Crippen molar-refractivity contribution in [3.63, 3.8) is 0 Å². The van der Waals surface area contributed by atoms with E-state index in [1.54, 1.807) is 25.1 Å². The molecule has 1 aromatic heterocycles. The molecule has 0 saturated heterocycles. The Labute approximate surface area is 186 Å². The number of hydrazone groups is 1. The van der Waals surface area contributed by atoms with Crippen molar-refractivity contribution in [3.05, 3.63) is 107 Å². The average Bonchev–Trinajstić information content (AvgIpc) is 3.16. The van der Waals surface area contributed by atoms with Crippen LogP contribution in [0.1, 0.15) is 28.1 Å². The van der Waals surface area contributed by atoms with Gasteiger partial charge in [0, 0.05) is 16.7 Å². The highest BCUT2D eigenvalue weighted by molar-refractivity contribution is 7.89. The molecular weight excluding hydrogens is 422 g/mol. The molecule has 0 amide bonds. The Kier molecular flexibility index (Phi) is 4.90. The lowest BCUT2D eigenvalue weighted by atomic mass is 10.0. The van der Waals surface area contributed by atoms with Crippen LogP contribution in [0.25, 0.3) is 11.5 Å². The van der Waals surface area contributed by atoms with E-state index in [9.17, 15) is 8.42 Å². The van der Waals surface area contributed by atoms with Crippen molar-refractivity contribution < 1.29 is 12.8 Å². The average molecular weight is 444 g/mol. The lowest BCUT2D eigenvalue weighted by Gasteiger charge is -2.26. The van der Waals surface area contributed by atoms with Crippen LogP contribution >= 0.6 is 0 Å². The summed E-state index contributed by atoms with van der Waals surface area (Å²) in [6, 6.07) is 24.3. The zero-order chi connectivity index (χ0) is 22.3. The molecule has 5 rings (SSSR count). The molecule has 0 aliphatic carbocycles. The highest BCUT2D eigenvalue weighted by atomic mass is 32.2. The van der Waals surface area contributed by atoms with Crippen LogP contribution in [0.3, 0.4) is 0 Å². The SMILES string of the molecule is Cc1ccccc1-c1nc(CN2N=C(c3ccccc3)c3ccccc3S2(=O)=O)c(C)o1. The van der Waals surface area contributed by atoms with Crippen molar-refractivity contribution in [2.75, 3.05) is 0 Å². The normalized spacial score (nSPS) is 14.7. The van der Waals surface area contributed by atoms with Crippen LogP contribution < -0.4 is 0 Å². The molecule has 6 nitrogen and oxygen atoms in total. The predicted octanol–water partition coefficient (Wildman–Crippen LogP) is 4.92. The number of nitrogens with zero attached hydrogens (tertiary/aromatic N) is 3. The van der Waals surface area contributed by atoms with Gasteiger partial charge in [-0.25, -0.2) is 4.98 Å². The Morgan fingerprint density at radius 3 is 2.25 bits per heavy atom. The van der Waals surface area contributed by atoms with Gasteiger partial charge in [-0.3, -0.25) is 0 Å². The van der Waals surface area contributed by atoms with Crippen LogP contribution in [0, 0.1) is 13.8 Å². The molecule has 0 saturated carbocycles. The summed E-state index contributed by atoms with van der Waals surface area (Å²) in [5.41, 5.74) is 4.48. The van der Waals surface area contributed by atoms with Crippen molar-refractivity contribution in [1.82, 2.24) is 9.40 Å². The summed E-state index contributed by atoms with van der Waals surface area (Å²) in [7, 11) is -3.84. The second kappa shape index (κ2) is 7.76. The maximum Gasteiger partial charge on any atom is 0.280 e. The first-order valence-electron chi connectivity index (χ1n) is 10.2. The molecule has 160 valence electrons. The van der Waals surface area contributed by atoms with Gasteiger partial charge >= 0.3 is 0 Å². The highest BCUT2D eigenvalue weighted by Gasteiger charge is 2.34. The van der Waals surface area contributed by atoms with Crippen molar-refractivity contribution in [3.8, 4) is 11.5 Å². The van der Waals surface area contributed by atoms with E-state index in [4.69, 9.17) is 4.42 Å². The molecule has 0 radical (unpaired) electrons. The van der Waals surface area contributed by atoms with Gasteiger partial charge in [0.25, 0.3) is 10.0 Å². The van der Waals surface area contributed by atoms with Gasteiger partial charge in [-0.2, -0.15) is 17.9 Å². The van der Waals surface area contributed by atoms with Gasteiger partial charge in [0.1, 0.15) is 17.2 Å². The number of sulfonamides is 1. The molecular formula is C25H21N3O3S.